The Morgan fingerprint density at radius 3 is 2.78 bits per heavy atom. The summed E-state index contributed by atoms with van der Waals surface area (Å²) >= 11 is 0. The lowest BCUT2D eigenvalue weighted by Gasteiger charge is -2.09. The van der Waals surface area contributed by atoms with Crippen molar-refractivity contribution >= 4 is 0 Å². The molecule has 0 spiro atoms. The van der Waals surface area contributed by atoms with Gasteiger partial charge in [0, 0.05) is 13.2 Å². The normalized spacial score (nSPS) is 13.7. The standard InChI is InChI=1S/C6H14NO2/c1-3-9-6(2)7-4-5-8/h6,8H,3-5H2,1-2H3. The average Bonchev–Trinajstić information content (AvgIpc) is 1.85. The summed E-state index contributed by atoms with van der Waals surface area (Å²) < 4.78 is 5.07. The molecule has 3 nitrogen and oxygen atoms in total. The summed E-state index contributed by atoms with van der Waals surface area (Å²) in [5.41, 5.74) is 0. The minimum atomic E-state index is -0.0675. The van der Waals surface area contributed by atoms with E-state index in [1.807, 2.05) is 13.8 Å². The molecule has 0 aliphatic heterocycles. The van der Waals surface area contributed by atoms with Crippen LogP contribution in [0.2, 0.25) is 0 Å². The molecule has 0 bridgehead atoms. The van der Waals surface area contributed by atoms with Crippen molar-refractivity contribution in [1.29, 1.82) is 0 Å². The molecule has 0 aliphatic carbocycles. The first-order valence-electron chi connectivity index (χ1n) is 3.20. The van der Waals surface area contributed by atoms with Gasteiger partial charge in [-0.05, 0) is 13.8 Å². The van der Waals surface area contributed by atoms with Crippen LogP contribution in [0.4, 0.5) is 0 Å². The molecule has 0 heterocycles. The van der Waals surface area contributed by atoms with Gasteiger partial charge < -0.3 is 9.84 Å². The van der Waals surface area contributed by atoms with Gasteiger partial charge in [-0.1, -0.05) is 0 Å². The van der Waals surface area contributed by atoms with Crippen LogP contribution >= 0.6 is 0 Å². The fourth-order valence-electron chi connectivity index (χ4n) is 0.533. The van der Waals surface area contributed by atoms with Gasteiger partial charge in [-0.25, -0.2) is 5.32 Å². The van der Waals surface area contributed by atoms with Crippen molar-refractivity contribution in [3.63, 3.8) is 0 Å². The molecular formula is C6H14NO2. The molecule has 1 N–H and O–H groups in total. The molecule has 0 saturated carbocycles. The van der Waals surface area contributed by atoms with Crippen molar-refractivity contribution < 1.29 is 9.84 Å². The van der Waals surface area contributed by atoms with Crippen LogP contribution in [0.5, 0.6) is 0 Å². The van der Waals surface area contributed by atoms with Crippen molar-refractivity contribution in [2.24, 2.45) is 0 Å². The number of aliphatic hydroxyl groups excluding tert-OH is 1. The molecule has 55 valence electrons. The maximum Gasteiger partial charge on any atom is 0.120 e. The number of nitrogens with zero attached hydrogens (tertiary/aromatic N) is 1. The Bertz CT molecular complexity index is 59.0. The van der Waals surface area contributed by atoms with E-state index in [0.29, 0.717) is 13.2 Å². The number of hydrogen-bond donors (Lipinski definition) is 1. The van der Waals surface area contributed by atoms with Crippen molar-refractivity contribution in [2.75, 3.05) is 19.8 Å². The fourth-order valence-corrected chi connectivity index (χ4v) is 0.533. The molecular weight excluding hydrogens is 118 g/mol. The molecule has 1 unspecified atom stereocenters. The predicted molar refractivity (Wildman–Crippen MR) is 35.2 cm³/mol. The zero-order valence-corrected chi connectivity index (χ0v) is 6.00. The molecule has 0 aromatic rings. The Hall–Kier alpha value is -0.120. The number of ether oxygens (including phenoxy) is 1. The molecule has 0 aliphatic rings. The van der Waals surface area contributed by atoms with Gasteiger partial charge in [0.1, 0.15) is 6.23 Å². The highest BCUT2D eigenvalue weighted by Gasteiger charge is 1.97. The molecule has 1 radical (unpaired) electrons. The maximum absolute atomic E-state index is 8.33. The summed E-state index contributed by atoms with van der Waals surface area (Å²) in [6.07, 6.45) is -0.0675. The zero-order chi connectivity index (χ0) is 7.11. The first-order chi connectivity index (χ1) is 4.31. The van der Waals surface area contributed by atoms with Gasteiger partial charge in [-0.2, -0.15) is 0 Å². The number of rotatable bonds is 5. The van der Waals surface area contributed by atoms with E-state index in [4.69, 9.17) is 9.84 Å². The van der Waals surface area contributed by atoms with E-state index in [1.54, 1.807) is 0 Å². The molecule has 0 fully saturated rings. The molecule has 9 heavy (non-hydrogen) atoms. The largest absolute Gasteiger partial charge is 0.395 e. The lowest BCUT2D eigenvalue weighted by atomic mass is 10.6. The van der Waals surface area contributed by atoms with Crippen LogP contribution < -0.4 is 5.32 Å². The number of aliphatic hydroxyl groups is 1. The summed E-state index contributed by atoms with van der Waals surface area (Å²) in [5, 5.41) is 12.3. The Morgan fingerprint density at radius 2 is 2.33 bits per heavy atom. The van der Waals surface area contributed by atoms with Crippen LogP contribution in [-0.2, 0) is 4.74 Å². The van der Waals surface area contributed by atoms with E-state index >= 15 is 0 Å². The SMILES string of the molecule is CCOC(C)[N]CCO. The quantitative estimate of drug-likeness (QED) is 0.570. The van der Waals surface area contributed by atoms with Gasteiger partial charge in [-0.3, -0.25) is 0 Å². The average molecular weight is 132 g/mol. The molecule has 0 saturated heterocycles. The molecule has 0 aromatic carbocycles. The molecule has 3 heteroatoms. The zero-order valence-electron chi connectivity index (χ0n) is 6.00. The second kappa shape index (κ2) is 6.01. The topological polar surface area (TPSA) is 43.6 Å². The number of hydrogen-bond acceptors (Lipinski definition) is 2. The Morgan fingerprint density at radius 1 is 1.67 bits per heavy atom. The Balaban J connectivity index is 2.95. The van der Waals surface area contributed by atoms with Gasteiger partial charge in [0.15, 0.2) is 0 Å². The van der Waals surface area contributed by atoms with Crippen LogP contribution in [0.15, 0.2) is 0 Å². The minimum Gasteiger partial charge on any atom is -0.395 e. The van der Waals surface area contributed by atoms with Crippen molar-refractivity contribution in [1.82, 2.24) is 5.32 Å². The highest BCUT2D eigenvalue weighted by atomic mass is 16.5. The second-order valence-corrected chi connectivity index (χ2v) is 1.68. The van der Waals surface area contributed by atoms with Crippen LogP contribution in [0.1, 0.15) is 13.8 Å². The minimum absolute atomic E-state index is 0.0675. The summed E-state index contributed by atoms with van der Waals surface area (Å²) in [7, 11) is 0. The third-order valence-corrected chi connectivity index (χ3v) is 0.894. The summed E-state index contributed by atoms with van der Waals surface area (Å²) in [6.45, 7) is 5.04. The van der Waals surface area contributed by atoms with E-state index < -0.39 is 0 Å². The van der Waals surface area contributed by atoms with E-state index in [2.05, 4.69) is 5.32 Å². The first kappa shape index (κ1) is 8.88. The third kappa shape index (κ3) is 5.76. The van der Waals surface area contributed by atoms with E-state index in [1.165, 1.54) is 0 Å². The third-order valence-electron chi connectivity index (χ3n) is 0.894. The molecule has 1 atom stereocenters. The van der Waals surface area contributed by atoms with Gasteiger partial charge in [0.05, 0.1) is 6.61 Å². The lowest BCUT2D eigenvalue weighted by Crippen LogP contribution is -2.24. The van der Waals surface area contributed by atoms with Crippen molar-refractivity contribution in [3.8, 4) is 0 Å². The summed E-state index contributed by atoms with van der Waals surface area (Å²) in [4.78, 5) is 0. The Kier molecular flexibility index (Phi) is 5.93. The van der Waals surface area contributed by atoms with Crippen LogP contribution in [0.3, 0.4) is 0 Å². The maximum atomic E-state index is 8.33. The van der Waals surface area contributed by atoms with Crippen LogP contribution in [-0.4, -0.2) is 31.1 Å². The highest BCUT2D eigenvalue weighted by Crippen LogP contribution is 1.84. The predicted octanol–water partition coefficient (Wildman–Crippen LogP) is -0.0344. The Labute approximate surface area is 56.0 Å². The van der Waals surface area contributed by atoms with Gasteiger partial charge in [0.25, 0.3) is 0 Å². The molecule has 0 amide bonds. The fraction of sp³-hybridized carbons (Fsp3) is 1.00. The van der Waals surface area contributed by atoms with Gasteiger partial charge in [-0.15, -0.1) is 0 Å². The summed E-state index contributed by atoms with van der Waals surface area (Å²) in [5.74, 6) is 0. The lowest BCUT2D eigenvalue weighted by molar-refractivity contribution is 0.0456. The van der Waals surface area contributed by atoms with E-state index in [0.717, 1.165) is 0 Å². The highest BCUT2D eigenvalue weighted by molar-refractivity contribution is 4.44. The smallest absolute Gasteiger partial charge is 0.120 e. The second-order valence-electron chi connectivity index (χ2n) is 1.68. The monoisotopic (exact) mass is 132 g/mol. The molecule has 0 aromatic heterocycles. The van der Waals surface area contributed by atoms with Crippen molar-refractivity contribution in [3.05, 3.63) is 0 Å². The van der Waals surface area contributed by atoms with Gasteiger partial charge in [0.2, 0.25) is 0 Å². The van der Waals surface area contributed by atoms with Crippen LogP contribution in [0.25, 0.3) is 0 Å². The van der Waals surface area contributed by atoms with Crippen molar-refractivity contribution in [2.45, 2.75) is 20.1 Å². The van der Waals surface area contributed by atoms with E-state index in [-0.39, 0.29) is 12.8 Å². The molecule has 0 rings (SSSR count). The van der Waals surface area contributed by atoms with Crippen LogP contribution in [0, 0.1) is 0 Å². The van der Waals surface area contributed by atoms with E-state index in [9.17, 15) is 0 Å². The first-order valence-corrected chi connectivity index (χ1v) is 3.20. The summed E-state index contributed by atoms with van der Waals surface area (Å²) in [6, 6.07) is 0. The van der Waals surface area contributed by atoms with Gasteiger partial charge >= 0.3 is 0 Å².